The SMILES string of the molecule is COc1cccc(-c2nc3ncc(-c4cc(Cl)cc(C=O)c4)cc3c(=O)n2CC(=O)NC(C)C)n1. The van der Waals surface area contributed by atoms with Crippen LogP contribution in [0.4, 0.5) is 0 Å². The van der Waals surface area contributed by atoms with Gasteiger partial charge in [0.1, 0.15) is 18.5 Å². The quantitative estimate of drug-likeness (QED) is 0.393. The Morgan fingerprint density at radius 3 is 2.69 bits per heavy atom. The molecule has 1 N–H and O–H groups in total. The van der Waals surface area contributed by atoms with E-state index in [0.29, 0.717) is 39.6 Å². The molecule has 0 atom stereocenters. The van der Waals surface area contributed by atoms with Crippen molar-refractivity contribution < 1.29 is 14.3 Å². The van der Waals surface area contributed by atoms with Crippen molar-refractivity contribution in [1.29, 1.82) is 0 Å². The maximum absolute atomic E-state index is 13.6. The van der Waals surface area contributed by atoms with Crippen LogP contribution in [0.1, 0.15) is 24.2 Å². The largest absolute Gasteiger partial charge is 0.481 e. The normalized spacial score (nSPS) is 11.0. The second-order valence-electron chi connectivity index (χ2n) is 8.10. The summed E-state index contributed by atoms with van der Waals surface area (Å²) in [7, 11) is 1.48. The molecule has 0 saturated heterocycles. The molecule has 35 heavy (non-hydrogen) atoms. The van der Waals surface area contributed by atoms with Crippen LogP contribution >= 0.6 is 11.6 Å². The molecule has 3 aromatic heterocycles. The molecule has 0 aliphatic heterocycles. The van der Waals surface area contributed by atoms with E-state index in [1.54, 1.807) is 48.7 Å². The molecule has 4 aromatic rings. The van der Waals surface area contributed by atoms with E-state index in [-0.39, 0.29) is 35.4 Å². The van der Waals surface area contributed by atoms with Gasteiger partial charge < -0.3 is 10.1 Å². The van der Waals surface area contributed by atoms with Gasteiger partial charge in [0.05, 0.1) is 12.5 Å². The molecule has 178 valence electrons. The van der Waals surface area contributed by atoms with Gasteiger partial charge in [-0.15, -0.1) is 0 Å². The molecule has 0 radical (unpaired) electrons. The third-order valence-electron chi connectivity index (χ3n) is 5.11. The molecule has 0 bridgehead atoms. The molecule has 0 unspecified atom stereocenters. The van der Waals surface area contributed by atoms with Gasteiger partial charge in [0.2, 0.25) is 11.8 Å². The summed E-state index contributed by atoms with van der Waals surface area (Å²) < 4.78 is 6.47. The number of nitrogens with zero attached hydrogens (tertiary/aromatic N) is 4. The summed E-state index contributed by atoms with van der Waals surface area (Å²) >= 11 is 6.15. The minimum Gasteiger partial charge on any atom is -0.481 e. The number of aldehydes is 1. The Kier molecular flexibility index (Phi) is 6.88. The summed E-state index contributed by atoms with van der Waals surface area (Å²) in [4.78, 5) is 50.8. The summed E-state index contributed by atoms with van der Waals surface area (Å²) in [6, 6.07) is 11.4. The molecule has 0 saturated carbocycles. The maximum Gasteiger partial charge on any atom is 0.263 e. The van der Waals surface area contributed by atoms with Crippen LogP contribution in [0.5, 0.6) is 5.88 Å². The minimum absolute atomic E-state index is 0.104. The first-order chi connectivity index (χ1) is 16.8. The summed E-state index contributed by atoms with van der Waals surface area (Å²) in [5, 5.41) is 3.38. The number of amides is 1. The van der Waals surface area contributed by atoms with Gasteiger partial charge in [-0.25, -0.2) is 15.0 Å². The van der Waals surface area contributed by atoms with Crippen molar-refractivity contribution in [3.8, 4) is 28.5 Å². The van der Waals surface area contributed by atoms with Crippen LogP contribution in [-0.4, -0.2) is 44.9 Å². The van der Waals surface area contributed by atoms with Crippen molar-refractivity contribution in [2.24, 2.45) is 0 Å². The highest BCUT2D eigenvalue weighted by Crippen LogP contribution is 2.26. The molecule has 3 heterocycles. The first-order valence-corrected chi connectivity index (χ1v) is 11.1. The number of carbonyl (C=O) groups excluding carboxylic acids is 2. The molecule has 4 rings (SSSR count). The van der Waals surface area contributed by atoms with Gasteiger partial charge in [-0.3, -0.25) is 19.0 Å². The molecule has 9 nitrogen and oxygen atoms in total. The van der Waals surface area contributed by atoms with E-state index in [1.165, 1.54) is 11.7 Å². The van der Waals surface area contributed by atoms with Crippen molar-refractivity contribution in [2.45, 2.75) is 26.4 Å². The lowest BCUT2D eigenvalue weighted by Gasteiger charge is -2.15. The lowest BCUT2D eigenvalue weighted by atomic mass is 10.0. The van der Waals surface area contributed by atoms with Crippen molar-refractivity contribution in [3.63, 3.8) is 0 Å². The van der Waals surface area contributed by atoms with Crippen molar-refractivity contribution in [1.82, 2.24) is 24.8 Å². The van der Waals surface area contributed by atoms with Crippen LogP contribution in [0.3, 0.4) is 0 Å². The number of benzene rings is 1. The number of pyridine rings is 2. The number of fused-ring (bicyclic) bond motifs is 1. The highest BCUT2D eigenvalue weighted by molar-refractivity contribution is 6.31. The Morgan fingerprint density at radius 1 is 1.17 bits per heavy atom. The lowest BCUT2D eigenvalue weighted by Crippen LogP contribution is -2.37. The van der Waals surface area contributed by atoms with Crippen LogP contribution in [0.15, 0.2) is 53.5 Å². The first-order valence-electron chi connectivity index (χ1n) is 10.8. The van der Waals surface area contributed by atoms with Crippen LogP contribution in [-0.2, 0) is 11.3 Å². The number of hydrogen-bond acceptors (Lipinski definition) is 7. The fourth-order valence-electron chi connectivity index (χ4n) is 3.62. The Labute approximate surface area is 205 Å². The summed E-state index contributed by atoms with van der Waals surface area (Å²) in [5.41, 5.74) is 1.69. The average Bonchev–Trinajstić information content (AvgIpc) is 2.84. The van der Waals surface area contributed by atoms with E-state index < -0.39 is 5.56 Å². The Balaban J connectivity index is 1.92. The third-order valence-corrected chi connectivity index (χ3v) is 5.33. The van der Waals surface area contributed by atoms with E-state index in [1.807, 2.05) is 13.8 Å². The summed E-state index contributed by atoms with van der Waals surface area (Å²) in [6.45, 7) is 3.40. The topological polar surface area (TPSA) is 116 Å². The van der Waals surface area contributed by atoms with Crippen LogP contribution in [0.25, 0.3) is 33.7 Å². The zero-order chi connectivity index (χ0) is 25.1. The fraction of sp³-hybridized carbons (Fsp3) is 0.200. The number of aromatic nitrogens is 4. The second-order valence-corrected chi connectivity index (χ2v) is 8.54. The highest BCUT2D eigenvalue weighted by Gasteiger charge is 2.19. The van der Waals surface area contributed by atoms with Gasteiger partial charge >= 0.3 is 0 Å². The van der Waals surface area contributed by atoms with Gasteiger partial charge in [-0.05, 0) is 49.7 Å². The van der Waals surface area contributed by atoms with Gasteiger partial charge in [0, 0.05) is 34.5 Å². The molecule has 1 aromatic carbocycles. The molecule has 10 heteroatoms. The van der Waals surface area contributed by atoms with Crippen LogP contribution < -0.4 is 15.6 Å². The molecule has 0 spiro atoms. The Hall–Kier alpha value is -4.11. The highest BCUT2D eigenvalue weighted by atomic mass is 35.5. The van der Waals surface area contributed by atoms with E-state index in [2.05, 4.69) is 20.3 Å². The number of methoxy groups -OCH3 is 1. The Bertz CT molecular complexity index is 1500. The maximum atomic E-state index is 13.6. The van der Waals surface area contributed by atoms with E-state index >= 15 is 0 Å². The smallest absolute Gasteiger partial charge is 0.263 e. The standard InChI is InChI=1S/C25H22ClN5O4/c1-14(2)28-21(33)12-31-24(20-5-4-6-22(29-20)35-3)30-23-19(25(31)34)10-17(11-27-23)16-7-15(13-32)8-18(26)9-16/h4-11,13-14H,12H2,1-3H3,(H,28,33). The van der Waals surface area contributed by atoms with Crippen LogP contribution in [0.2, 0.25) is 5.02 Å². The first kappa shape index (κ1) is 24.0. The number of carbonyl (C=O) groups is 2. The number of hydrogen-bond donors (Lipinski definition) is 1. The molecule has 0 aliphatic rings. The predicted molar refractivity (Wildman–Crippen MR) is 133 cm³/mol. The van der Waals surface area contributed by atoms with Crippen molar-refractivity contribution in [3.05, 3.63) is 69.6 Å². The van der Waals surface area contributed by atoms with Crippen LogP contribution in [0, 0.1) is 0 Å². The van der Waals surface area contributed by atoms with Crippen molar-refractivity contribution in [2.75, 3.05) is 7.11 Å². The minimum atomic E-state index is -0.458. The fourth-order valence-corrected chi connectivity index (χ4v) is 3.86. The van der Waals surface area contributed by atoms with Crippen molar-refractivity contribution >= 4 is 34.8 Å². The molecular formula is C25H22ClN5O4. The molecule has 0 fully saturated rings. The molecule has 1 amide bonds. The number of ether oxygens (including phenoxy) is 1. The van der Waals surface area contributed by atoms with E-state index in [0.717, 1.165) is 0 Å². The predicted octanol–water partition coefficient (Wildman–Crippen LogP) is 3.52. The number of rotatable bonds is 7. The zero-order valence-corrected chi connectivity index (χ0v) is 20.0. The van der Waals surface area contributed by atoms with Gasteiger partial charge in [0.25, 0.3) is 5.56 Å². The average molecular weight is 492 g/mol. The van der Waals surface area contributed by atoms with Gasteiger partial charge in [-0.2, -0.15) is 0 Å². The number of halogens is 1. The monoisotopic (exact) mass is 491 g/mol. The number of nitrogens with one attached hydrogen (secondary N) is 1. The Morgan fingerprint density at radius 2 is 1.97 bits per heavy atom. The third kappa shape index (κ3) is 5.20. The lowest BCUT2D eigenvalue weighted by molar-refractivity contribution is -0.122. The summed E-state index contributed by atoms with van der Waals surface area (Å²) in [6.07, 6.45) is 2.24. The molecule has 0 aliphatic carbocycles. The van der Waals surface area contributed by atoms with E-state index in [4.69, 9.17) is 16.3 Å². The van der Waals surface area contributed by atoms with Gasteiger partial charge in [0.15, 0.2) is 11.5 Å². The zero-order valence-electron chi connectivity index (χ0n) is 19.3. The molecular weight excluding hydrogens is 470 g/mol. The second kappa shape index (κ2) is 10.0. The summed E-state index contributed by atoms with van der Waals surface area (Å²) in [5.74, 6) is 0.179. The van der Waals surface area contributed by atoms with Gasteiger partial charge in [-0.1, -0.05) is 17.7 Å². The van der Waals surface area contributed by atoms with E-state index in [9.17, 15) is 14.4 Å².